The largest absolute Gasteiger partial charge is 0.493 e. The maximum absolute atomic E-state index is 12.6. The fourth-order valence-electron chi connectivity index (χ4n) is 2.78. The molecule has 0 bridgehead atoms. The van der Waals surface area contributed by atoms with Gasteiger partial charge >= 0.3 is 0 Å². The van der Waals surface area contributed by atoms with Crippen LogP contribution in [0.5, 0.6) is 17.2 Å². The van der Waals surface area contributed by atoms with Gasteiger partial charge in [0.15, 0.2) is 11.5 Å². The number of nitrogens with zero attached hydrogens (tertiary/aromatic N) is 1. The summed E-state index contributed by atoms with van der Waals surface area (Å²) in [7, 11) is 1.54. The highest BCUT2D eigenvalue weighted by molar-refractivity contribution is 7.13. The topological polar surface area (TPSA) is 69.7 Å². The van der Waals surface area contributed by atoms with Crippen molar-refractivity contribution >= 4 is 17.2 Å². The van der Waals surface area contributed by atoms with Crippen LogP contribution in [0.2, 0.25) is 0 Å². The molecule has 2 aromatic carbocycles. The average molecular weight is 382 g/mol. The third-order valence-electron chi connectivity index (χ3n) is 4.09. The Morgan fingerprint density at radius 1 is 1.22 bits per heavy atom. The second-order valence-corrected chi connectivity index (χ2v) is 6.75. The molecule has 0 spiro atoms. The molecule has 0 radical (unpaired) electrons. The first-order valence-electron chi connectivity index (χ1n) is 8.50. The van der Waals surface area contributed by atoms with Gasteiger partial charge in [0.25, 0.3) is 5.91 Å². The first kappa shape index (κ1) is 17.4. The number of hydrogen-bond donors (Lipinski definition) is 1. The molecule has 0 saturated carbocycles. The molecule has 1 amide bonds. The van der Waals surface area contributed by atoms with Gasteiger partial charge in [-0.25, -0.2) is 4.98 Å². The summed E-state index contributed by atoms with van der Waals surface area (Å²) in [4.78, 5) is 17.1. The smallest absolute Gasteiger partial charge is 0.251 e. The van der Waals surface area contributed by atoms with E-state index in [4.69, 9.17) is 14.2 Å². The van der Waals surface area contributed by atoms with E-state index in [0.717, 1.165) is 16.3 Å². The van der Waals surface area contributed by atoms with Crippen LogP contribution in [0.1, 0.15) is 16.1 Å². The second kappa shape index (κ2) is 7.67. The van der Waals surface area contributed by atoms with Gasteiger partial charge in [-0.1, -0.05) is 30.3 Å². The zero-order valence-electron chi connectivity index (χ0n) is 14.7. The Kier molecular flexibility index (Phi) is 4.93. The molecule has 0 unspecified atom stereocenters. The highest BCUT2D eigenvalue weighted by Crippen LogP contribution is 2.40. The normalized spacial score (nSPS) is 12.5. The molecule has 7 heteroatoms. The van der Waals surface area contributed by atoms with E-state index in [0.29, 0.717) is 42.6 Å². The van der Waals surface area contributed by atoms with Gasteiger partial charge in [-0.2, -0.15) is 0 Å². The number of nitrogens with one attached hydrogen (secondary N) is 1. The molecule has 0 atom stereocenters. The Morgan fingerprint density at radius 3 is 2.85 bits per heavy atom. The van der Waals surface area contributed by atoms with Crippen molar-refractivity contribution in [3.8, 4) is 27.8 Å². The molecule has 1 N–H and O–H groups in total. The Labute approximate surface area is 160 Å². The van der Waals surface area contributed by atoms with Crippen molar-refractivity contribution in [2.45, 2.75) is 6.54 Å². The number of amides is 1. The number of methoxy groups -OCH3 is 1. The van der Waals surface area contributed by atoms with Crippen LogP contribution in [-0.4, -0.2) is 31.2 Å². The zero-order valence-corrected chi connectivity index (χ0v) is 15.5. The summed E-state index contributed by atoms with van der Waals surface area (Å²) >= 11 is 1.56. The second-order valence-electron chi connectivity index (χ2n) is 5.90. The predicted molar refractivity (Wildman–Crippen MR) is 103 cm³/mol. The number of ether oxygens (including phenoxy) is 3. The molecular weight excluding hydrogens is 364 g/mol. The van der Waals surface area contributed by atoms with Gasteiger partial charge in [-0.15, -0.1) is 11.3 Å². The van der Waals surface area contributed by atoms with Crippen molar-refractivity contribution in [2.75, 3.05) is 20.3 Å². The van der Waals surface area contributed by atoms with Crippen molar-refractivity contribution in [3.63, 3.8) is 0 Å². The van der Waals surface area contributed by atoms with Crippen molar-refractivity contribution in [3.05, 3.63) is 59.1 Å². The number of rotatable bonds is 5. The minimum absolute atomic E-state index is 0.223. The maximum Gasteiger partial charge on any atom is 0.251 e. The highest BCUT2D eigenvalue weighted by Gasteiger charge is 2.21. The molecule has 3 aromatic rings. The van der Waals surface area contributed by atoms with Crippen LogP contribution in [0, 0.1) is 0 Å². The first-order chi connectivity index (χ1) is 13.2. The molecule has 2 heterocycles. The van der Waals surface area contributed by atoms with E-state index in [9.17, 15) is 4.79 Å². The van der Waals surface area contributed by atoms with E-state index in [1.165, 1.54) is 7.11 Å². The molecule has 0 fully saturated rings. The highest BCUT2D eigenvalue weighted by atomic mass is 32.1. The van der Waals surface area contributed by atoms with Crippen LogP contribution in [0.3, 0.4) is 0 Å². The number of thiazole rings is 1. The molecule has 0 aliphatic carbocycles. The number of benzene rings is 2. The third kappa shape index (κ3) is 3.73. The lowest BCUT2D eigenvalue weighted by Gasteiger charge is -2.21. The zero-order chi connectivity index (χ0) is 18.6. The summed E-state index contributed by atoms with van der Waals surface area (Å²) < 4.78 is 16.5. The number of hydrogen-bond acceptors (Lipinski definition) is 6. The SMILES string of the molecule is COc1cc(C(=O)NCc2csc(-c3ccccc3)n2)cc2c1OCCO2. The number of aromatic nitrogens is 1. The summed E-state index contributed by atoms with van der Waals surface area (Å²) in [6, 6.07) is 13.3. The summed E-state index contributed by atoms with van der Waals surface area (Å²) in [5.74, 6) is 1.31. The Balaban J connectivity index is 1.46. The lowest BCUT2D eigenvalue weighted by molar-refractivity contribution is 0.0948. The van der Waals surface area contributed by atoms with Gasteiger partial charge in [-0.3, -0.25) is 4.79 Å². The van der Waals surface area contributed by atoms with Crippen LogP contribution in [0.25, 0.3) is 10.6 Å². The van der Waals surface area contributed by atoms with Gasteiger partial charge in [-0.05, 0) is 12.1 Å². The van der Waals surface area contributed by atoms with Gasteiger partial charge < -0.3 is 19.5 Å². The van der Waals surface area contributed by atoms with Crippen molar-refractivity contribution < 1.29 is 19.0 Å². The van der Waals surface area contributed by atoms with Crippen LogP contribution >= 0.6 is 11.3 Å². The minimum atomic E-state index is -0.223. The fraction of sp³-hybridized carbons (Fsp3) is 0.200. The number of fused-ring (bicyclic) bond motifs is 1. The maximum atomic E-state index is 12.6. The average Bonchev–Trinajstić information content (AvgIpc) is 3.21. The molecule has 1 aromatic heterocycles. The first-order valence-corrected chi connectivity index (χ1v) is 9.38. The Bertz CT molecular complexity index is 939. The van der Waals surface area contributed by atoms with E-state index < -0.39 is 0 Å². The molecule has 27 heavy (non-hydrogen) atoms. The summed E-state index contributed by atoms with van der Waals surface area (Å²) in [5.41, 5.74) is 2.34. The number of carbonyl (C=O) groups excluding carboxylic acids is 1. The minimum Gasteiger partial charge on any atom is -0.493 e. The van der Waals surface area contributed by atoms with Crippen molar-refractivity contribution in [1.29, 1.82) is 0 Å². The molecule has 4 rings (SSSR count). The van der Waals surface area contributed by atoms with Gasteiger partial charge in [0.1, 0.15) is 18.2 Å². The van der Waals surface area contributed by atoms with E-state index in [2.05, 4.69) is 10.3 Å². The fourth-order valence-corrected chi connectivity index (χ4v) is 3.60. The summed E-state index contributed by atoms with van der Waals surface area (Å²) in [6.45, 7) is 1.25. The summed E-state index contributed by atoms with van der Waals surface area (Å²) in [6.07, 6.45) is 0. The van der Waals surface area contributed by atoms with Crippen LogP contribution in [-0.2, 0) is 6.54 Å². The predicted octanol–water partition coefficient (Wildman–Crippen LogP) is 3.52. The van der Waals surface area contributed by atoms with Gasteiger partial charge in [0.2, 0.25) is 5.75 Å². The van der Waals surface area contributed by atoms with E-state index in [-0.39, 0.29) is 5.91 Å². The summed E-state index contributed by atoms with van der Waals surface area (Å²) in [5, 5.41) is 5.77. The monoisotopic (exact) mass is 382 g/mol. The standard InChI is InChI=1S/C20H18N2O4S/c1-24-16-9-14(10-17-18(16)26-8-7-25-17)19(23)21-11-15-12-27-20(22-15)13-5-3-2-4-6-13/h2-6,9-10,12H,7-8,11H2,1H3,(H,21,23). The molecular formula is C20H18N2O4S. The van der Waals surface area contributed by atoms with E-state index in [1.54, 1.807) is 23.5 Å². The van der Waals surface area contributed by atoms with E-state index in [1.807, 2.05) is 35.7 Å². The van der Waals surface area contributed by atoms with Crippen LogP contribution in [0.4, 0.5) is 0 Å². The lowest BCUT2D eigenvalue weighted by Crippen LogP contribution is -2.24. The molecule has 6 nitrogen and oxygen atoms in total. The van der Waals surface area contributed by atoms with E-state index >= 15 is 0 Å². The quantitative estimate of drug-likeness (QED) is 0.731. The van der Waals surface area contributed by atoms with Crippen LogP contribution < -0.4 is 19.5 Å². The van der Waals surface area contributed by atoms with Crippen molar-refractivity contribution in [1.82, 2.24) is 10.3 Å². The third-order valence-corrected chi connectivity index (χ3v) is 5.03. The molecule has 1 aliphatic heterocycles. The van der Waals surface area contributed by atoms with Gasteiger partial charge in [0.05, 0.1) is 19.3 Å². The Hall–Kier alpha value is -3.06. The molecule has 0 saturated heterocycles. The van der Waals surface area contributed by atoms with Crippen LogP contribution in [0.15, 0.2) is 47.8 Å². The van der Waals surface area contributed by atoms with Gasteiger partial charge in [0, 0.05) is 16.5 Å². The molecule has 138 valence electrons. The Morgan fingerprint density at radius 2 is 2.04 bits per heavy atom. The number of carbonyl (C=O) groups is 1. The lowest BCUT2D eigenvalue weighted by atomic mass is 10.1. The van der Waals surface area contributed by atoms with Crippen molar-refractivity contribution in [2.24, 2.45) is 0 Å². The molecule has 1 aliphatic rings.